The number of fused-ring (bicyclic) bond motifs is 4. The Morgan fingerprint density at radius 3 is 2.71 bits per heavy atom. The number of ether oxygens (including phenoxy) is 1. The first-order valence-electron chi connectivity index (χ1n) is 11.2. The van der Waals surface area contributed by atoms with E-state index in [-0.39, 0.29) is 23.1 Å². The fourth-order valence-corrected chi connectivity index (χ4v) is 5.28. The van der Waals surface area contributed by atoms with Gasteiger partial charge in [0.15, 0.2) is 5.76 Å². The molecule has 1 aromatic carbocycles. The molecule has 31 heavy (non-hydrogen) atoms. The molecule has 0 unspecified atom stereocenters. The van der Waals surface area contributed by atoms with Gasteiger partial charge in [0.05, 0.1) is 22.9 Å². The lowest BCUT2D eigenvalue weighted by atomic mass is 9.74. The largest absolute Gasteiger partial charge is 0.450 e. The lowest BCUT2D eigenvalue weighted by molar-refractivity contribution is 0.0845. The van der Waals surface area contributed by atoms with Gasteiger partial charge in [-0.2, -0.15) is 0 Å². The highest BCUT2D eigenvalue weighted by molar-refractivity contribution is 6.35. The standard InChI is InChI=1S/C23H28ClN3O4/c1-2-30-13-22(8-9-22)12-25-20(28)16-11-14-10-15(24)18-17(19(14)31-16)23(27-21(29)26-18)6-4-3-5-7-23/h10-11H,2-9,12-13H2,1H3,(H,25,28)(H2,26,27,29). The zero-order valence-electron chi connectivity index (χ0n) is 17.7. The van der Waals surface area contributed by atoms with Crippen molar-refractivity contribution in [3.8, 4) is 0 Å². The SMILES string of the molecule is CCOCC1(CNC(=O)c2cc3cc(Cl)c4c(c3o2)C2(CCCCC2)NC(=O)N4)CC1. The van der Waals surface area contributed by atoms with E-state index in [1.54, 1.807) is 12.1 Å². The van der Waals surface area contributed by atoms with Crippen LogP contribution in [-0.4, -0.2) is 31.7 Å². The summed E-state index contributed by atoms with van der Waals surface area (Å²) in [6.07, 6.45) is 6.94. The summed E-state index contributed by atoms with van der Waals surface area (Å²) in [5.41, 5.74) is 1.62. The topological polar surface area (TPSA) is 92.6 Å². The highest BCUT2D eigenvalue weighted by atomic mass is 35.5. The van der Waals surface area contributed by atoms with Crippen molar-refractivity contribution in [1.29, 1.82) is 0 Å². The maximum absolute atomic E-state index is 12.9. The number of nitrogens with one attached hydrogen (secondary N) is 3. The molecule has 166 valence electrons. The summed E-state index contributed by atoms with van der Waals surface area (Å²) < 4.78 is 11.7. The number of rotatable bonds is 6. The molecule has 5 rings (SSSR count). The van der Waals surface area contributed by atoms with E-state index in [9.17, 15) is 9.59 Å². The number of halogens is 1. The lowest BCUT2D eigenvalue weighted by Crippen LogP contribution is -2.52. The van der Waals surface area contributed by atoms with Crippen LogP contribution >= 0.6 is 11.6 Å². The first-order chi connectivity index (χ1) is 15.0. The van der Waals surface area contributed by atoms with Gasteiger partial charge in [0.25, 0.3) is 5.91 Å². The molecule has 1 spiro atoms. The Kier molecular flexibility index (Phi) is 5.13. The fourth-order valence-electron chi connectivity index (χ4n) is 5.02. The molecule has 7 nitrogen and oxygen atoms in total. The molecular weight excluding hydrogens is 418 g/mol. The average Bonchev–Trinajstić information content (AvgIpc) is 3.41. The molecule has 3 N–H and O–H groups in total. The number of benzene rings is 1. The third kappa shape index (κ3) is 3.68. The Morgan fingerprint density at radius 2 is 2.00 bits per heavy atom. The van der Waals surface area contributed by atoms with Crippen molar-refractivity contribution in [2.45, 2.75) is 57.4 Å². The molecular formula is C23H28ClN3O4. The van der Waals surface area contributed by atoms with E-state index >= 15 is 0 Å². The summed E-state index contributed by atoms with van der Waals surface area (Å²) in [6.45, 7) is 3.90. The molecule has 0 atom stereocenters. The molecule has 2 saturated carbocycles. The third-order valence-corrected chi connectivity index (χ3v) is 7.25. The van der Waals surface area contributed by atoms with Crippen LogP contribution in [0.4, 0.5) is 10.5 Å². The van der Waals surface area contributed by atoms with Crippen molar-refractivity contribution in [3.63, 3.8) is 0 Å². The van der Waals surface area contributed by atoms with Crippen LogP contribution in [-0.2, 0) is 10.3 Å². The number of furan rings is 1. The minimum atomic E-state index is -0.514. The quantitative estimate of drug-likeness (QED) is 0.587. The molecule has 2 aromatic rings. The highest BCUT2D eigenvalue weighted by Gasteiger charge is 2.45. The van der Waals surface area contributed by atoms with E-state index in [0.29, 0.717) is 36.1 Å². The van der Waals surface area contributed by atoms with Gasteiger partial charge in [0, 0.05) is 29.5 Å². The third-order valence-electron chi connectivity index (χ3n) is 6.95. The van der Waals surface area contributed by atoms with E-state index in [2.05, 4.69) is 16.0 Å². The Labute approximate surface area is 186 Å². The van der Waals surface area contributed by atoms with Gasteiger partial charge in [-0.05, 0) is 44.7 Å². The monoisotopic (exact) mass is 445 g/mol. The Bertz CT molecular complexity index is 1040. The van der Waals surface area contributed by atoms with Gasteiger partial charge in [-0.3, -0.25) is 4.79 Å². The molecule has 0 saturated heterocycles. The normalized spacial score (nSPS) is 20.8. The smallest absolute Gasteiger partial charge is 0.319 e. The zero-order valence-corrected chi connectivity index (χ0v) is 18.5. The first-order valence-corrected chi connectivity index (χ1v) is 11.5. The van der Waals surface area contributed by atoms with E-state index in [1.165, 1.54) is 0 Å². The van der Waals surface area contributed by atoms with Crippen LogP contribution in [0.15, 0.2) is 16.5 Å². The number of hydrogen-bond donors (Lipinski definition) is 3. The summed E-state index contributed by atoms with van der Waals surface area (Å²) in [6, 6.07) is 3.26. The van der Waals surface area contributed by atoms with Crippen molar-refractivity contribution in [2.24, 2.45) is 5.41 Å². The van der Waals surface area contributed by atoms with Crippen molar-refractivity contribution < 1.29 is 18.7 Å². The van der Waals surface area contributed by atoms with Crippen LogP contribution in [0.25, 0.3) is 11.0 Å². The Morgan fingerprint density at radius 1 is 1.23 bits per heavy atom. The van der Waals surface area contributed by atoms with Gasteiger partial charge < -0.3 is 25.1 Å². The molecule has 0 radical (unpaired) electrons. The number of carbonyl (C=O) groups is 2. The summed E-state index contributed by atoms with van der Waals surface area (Å²) >= 11 is 6.56. The first kappa shape index (κ1) is 20.6. The maximum Gasteiger partial charge on any atom is 0.319 e. The second kappa shape index (κ2) is 7.71. The van der Waals surface area contributed by atoms with E-state index in [0.717, 1.165) is 55.9 Å². The van der Waals surface area contributed by atoms with E-state index in [4.69, 9.17) is 20.8 Å². The van der Waals surface area contributed by atoms with Gasteiger partial charge in [-0.25, -0.2) is 4.79 Å². The van der Waals surface area contributed by atoms with Crippen LogP contribution in [0.3, 0.4) is 0 Å². The average molecular weight is 446 g/mol. The second-order valence-electron chi connectivity index (χ2n) is 9.18. The molecule has 3 amide bonds. The van der Waals surface area contributed by atoms with Gasteiger partial charge in [-0.1, -0.05) is 30.9 Å². The molecule has 2 fully saturated rings. The molecule has 2 aliphatic carbocycles. The molecule has 3 aliphatic rings. The number of amides is 3. The van der Waals surface area contributed by atoms with Crippen LogP contribution in [0.5, 0.6) is 0 Å². The summed E-state index contributed by atoms with van der Waals surface area (Å²) in [7, 11) is 0. The summed E-state index contributed by atoms with van der Waals surface area (Å²) in [5, 5.41) is 10.2. The van der Waals surface area contributed by atoms with E-state index in [1.807, 2.05) is 6.92 Å². The summed E-state index contributed by atoms with van der Waals surface area (Å²) in [4.78, 5) is 25.2. The molecule has 0 bridgehead atoms. The Hall–Kier alpha value is -2.25. The molecule has 2 heterocycles. The van der Waals surface area contributed by atoms with Gasteiger partial charge in [-0.15, -0.1) is 0 Å². The zero-order chi connectivity index (χ0) is 21.6. The number of carbonyl (C=O) groups excluding carboxylic acids is 2. The Balaban J connectivity index is 1.47. The van der Waals surface area contributed by atoms with Crippen LogP contribution in [0.2, 0.25) is 5.02 Å². The van der Waals surface area contributed by atoms with Crippen molar-refractivity contribution in [2.75, 3.05) is 25.1 Å². The number of hydrogen-bond acceptors (Lipinski definition) is 4. The summed E-state index contributed by atoms with van der Waals surface area (Å²) in [5.74, 6) is 0.0175. The molecule has 8 heteroatoms. The highest BCUT2D eigenvalue weighted by Crippen LogP contribution is 2.49. The molecule has 1 aliphatic heterocycles. The predicted octanol–water partition coefficient (Wildman–Crippen LogP) is 4.93. The van der Waals surface area contributed by atoms with Crippen LogP contribution < -0.4 is 16.0 Å². The van der Waals surface area contributed by atoms with Gasteiger partial charge in [0.2, 0.25) is 0 Å². The van der Waals surface area contributed by atoms with Crippen molar-refractivity contribution >= 4 is 40.2 Å². The maximum atomic E-state index is 12.9. The van der Waals surface area contributed by atoms with E-state index < -0.39 is 5.54 Å². The molecule has 1 aromatic heterocycles. The van der Waals surface area contributed by atoms with Crippen molar-refractivity contribution in [1.82, 2.24) is 10.6 Å². The van der Waals surface area contributed by atoms with Crippen LogP contribution in [0, 0.1) is 5.41 Å². The van der Waals surface area contributed by atoms with Crippen molar-refractivity contribution in [3.05, 3.63) is 28.5 Å². The lowest BCUT2D eigenvalue weighted by Gasteiger charge is -2.42. The van der Waals surface area contributed by atoms with Gasteiger partial charge >= 0.3 is 6.03 Å². The van der Waals surface area contributed by atoms with Gasteiger partial charge in [0.1, 0.15) is 5.58 Å². The number of urea groups is 1. The predicted molar refractivity (Wildman–Crippen MR) is 119 cm³/mol. The number of anilines is 1. The van der Waals surface area contributed by atoms with Crippen LogP contribution in [0.1, 0.15) is 68.0 Å². The fraction of sp³-hybridized carbons (Fsp3) is 0.565. The second-order valence-corrected chi connectivity index (χ2v) is 9.59. The minimum absolute atomic E-state index is 0.0561. The minimum Gasteiger partial charge on any atom is -0.450 e.